The van der Waals surface area contributed by atoms with Crippen molar-refractivity contribution < 1.29 is 19.0 Å². The highest BCUT2D eigenvalue weighted by atomic mass is 16.5. The van der Waals surface area contributed by atoms with Crippen LogP contribution in [-0.2, 0) is 9.53 Å². The van der Waals surface area contributed by atoms with E-state index < -0.39 is 5.97 Å². The van der Waals surface area contributed by atoms with E-state index in [4.69, 9.17) is 9.47 Å². The Labute approximate surface area is 165 Å². The molecule has 5 heteroatoms. The van der Waals surface area contributed by atoms with Crippen molar-refractivity contribution in [3.63, 3.8) is 0 Å². The number of hydrogen-bond donors (Lipinski definition) is 0. The van der Waals surface area contributed by atoms with Crippen LogP contribution in [0, 0.1) is 11.1 Å². The van der Waals surface area contributed by atoms with Gasteiger partial charge in [-0.3, -0.25) is 0 Å². The van der Waals surface area contributed by atoms with Gasteiger partial charge in [0.2, 0.25) is 5.71 Å². The van der Waals surface area contributed by atoms with E-state index in [1.165, 1.54) is 0 Å². The van der Waals surface area contributed by atoms with Crippen molar-refractivity contribution >= 4 is 17.3 Å². The third kappa shape index (κ3) is 3.65. The molecule has 0 radical (unpaired) electrons. The number of benzene rings is 2. The predicted molar refractivity (Wildman–Crippen MR) is 110 cm³/mol. The normalized spacial score (nSPS) is 14.9. The Hall–Kier alpha value is -3.08. The molecular formula is C23H25NO4. The summed E-state index contributed by atoms with van der Waals surface area (Å²) in [6, 6.07) is 15.2. The maximum Gasteiger partial charge on any atom is 0.345 e. The Morgan fingerprint density at radius 2 is 1.82 bits per heavy atom. The Bertz CT molecular complexity index is 942. The van der Waals surface area contributed by atoms with Crippen LogP contribution in [0.3, 0.4) is 0 Å². The molecule has 146 valence electrons. The molecule has 0 fully saturated rings. The number of carbonyl (C=O) groups is 1. The fourth-order valence-corrected chi connectivity index (χ4v) is 3.44. The highest BCUT2D eigenvalue weighted by Gasteiger charge is 2.39. The second kappa shape index (κ2) is 8.30. The number of nitrogens with zero attached hydrogens (tertiary/aromatic N) is 1. The zero-order valence-corrected chi connectivity index (χ0v) is 16.7. The average molecular weight is 379 g/mol. The van der Waals surface area contributed by atoms with E-state index >= 15 is 0 Å². The molecule has 0 spiro atoms. The smallest absolute Gasteiger partial charge is 0.345 e. The average Bonchev–Trinajstić information content (AvgIpc) is 3.02. The van der Waals surface area contributed by atoms with Gasteiger partial charge in [-0.05, 0) is 36.2 Å². The van der Waals surface area contributed by atoms with Crippen molar-refractivity contribution in [2.75, 3.05) is 20.3 Å². The summed E-state index contributed by atoms with van der Waals surface area (Å²) in [6.45, 7) is 6.21. The summed E-state index contributed by atoms with van der Waals surface area (Å²) in [5.41, 5.74) is 3.76. The summed E-state index contributed by atoms with van der Waals surface area (Å²) in [5.74, 6) is 0.283. The number of methoxy groups -OCH3 is 1. The third-order valence-electron chi connectivity index (χ3n) is 4.56. The van der Waals surface area contributed by atoms with Gasteiger partial charge in [0.25, 0.3) is 0 Å². The van der Waals surface area contributed by atoms with Crippen LogP contribution in [0.5, 0.6) is 5.75 Å². The molecule has 0 saturated carbocycles. The van der Waals surface area contributed by atoms with Gasteiger partial charge >= 0.3 is 5.97 Å². The number of hydrogen-bond acceptors (Lipinski definition) is 4. The van der Waals surface area contributed by atoms with Gasteiger partial charge in [-0.25, -0.2) is 9.53 Å². The molecule has 1 aliphatic rings. The first-order chi connectivity index (χ1) is 13.5. The van der Waals surface area contributed by atoms with Crippen LogP contribution in [0.4, 0.5) is 0 Å². The van der Waals surface area contributed by atoms with Crippen LogP contribution in [-0.4, -0.2) is 36.7 Å². The van der Waals surface area contributed by atoms with E-state index in [1.807, 2.05) is 62.4 Å². The van der Waals surface area contributed by atoms with Crippen molar-refractivity contribution in [3.8, 4) is 5.75 Å². The topological polar surface area (TPSA) is 61.6 Å². The largest absolute Gasteiger partial charge is 0.623 e. The molecule has 5 nitrogen and oxygen atoms in total. The van der Waals surface area contributed by atoms with Crippen LogP contribution in [0.25, 0.3) is 5.57 Å². The van der Waals surface area contributed by atoms with Crippen LogP contribution < -0.4 is 4.74 Å². The molecular weight excluding hydrogens is 354 g/mol. The van der Waals surface area contributed by atoms with E-state index in [0.29, 0.717) is 22.6 Å². The lowest BCUT2D eigenvalue weighted by Crippen LogP contribution is -2.25. The Kier molecular flexibility index (Phi) is 5.83. The second-order valence-corrected chi connectivity index (χ2v) is 7.05. The minimum atomic E-state index is -0.490. The summed E-state index contributed by atoms with van der Waals surface area (Å²) >= 11 is 0. The van der Waals surface area contributed by atoms with Crippen molar-refractivity contribution in [1.29, 1.82) is 0 Å². The SMILES string of the molecule is CCOC(=O)C1=C(c2ccccc2)c2ccc(OC)cc2/C1=[N+](\[O-])CC(C)C. The number of ether oxygens (including phenoxy) is 2. The monoisotopic (exact) mass is 379 g/mol. The van der Waals surface area contributed by atoms with E-state index in [1.54, 1.807) is 14.0 Å². The Morgan fingerprint density at radius 3 is 2.43 bits per heavy atom. The Morgan fingerprint density at radius 1 is 1.11 bits per heavy atom. The lowest BCUT2D eigenvalue weighted by molar-refractivity contribution is -0.463. The summed E-state index contributed by atoms with van der Waals surface area (Å²) in [7, 11) is 1.58. The van der Waals surface area contributed by atoms with Gasteiger partial charge in [-0.2, -0.15) is 0 Å². The van der Waals surface area contributed by atoms with Gasteiger partial charge in [0.05, 0.1) is 19.3 Å². The van der Waals surface area contributed by atoms with E-state index in [9.17, 15) is 10.0 Å². The quantitative estimate of drug-likeness (QED) is 0.329. The van der Waals surface area contributed by atoms with Gasteiger partial charge in [0, 0.05) is 11.5 Å². The second-order valence-electron chi connectivity index (χ2n) is 7.05. The van der Waals surface area contributed by atoms with E-state index in [0.717, 1.165) is 21.4 Å². The zero-order chi connectivity index (χ0) is 20.3. The summed E-state index contributed by atoms with van der Waals surface area (Å²) in [4.78, 5) is 13.0. The number of carbonyl (C=O) groups excluding carboxylic acids is 1. The molecule has 0 amide bonds. The fraction of sp³-hybridized carbons (Fsp3) is 0.304. The molecule has 0 atom stereocenters. The van der Waals surface area contributed by atoms with E-state index in [2.05, 4.69) is 0 Å². The van der Waals surface area contributed by atoms with Crippen molar-refractivity contribution in [3.05, 3.63) is 76.0 Å². The van der Waals surface area contributed by atoms with Crippen molar-refractivity contribution in [2.45, 2.75) is 20.8 Å². The van der Waals surface area contributed by atoms with Crippen LogP contribution in [0.1, 0.15) is 37.5 Å². The molecule has 0 bridgehead atoms. The number of hydroxylamine groups is 1. The van der Waals surface area contributed by atoms with Crippen LogP contribution in [0.2, 0.25) is 0 Å². The molecule has 1 aliphatic carbocycles. The highest BCUT2D eigenvalue weighted by Crippen LogP contribution is 2.40. The first-order valence-corrected chi connectivity index (χ1v) is 9.45. The van der Waals surface area contributed by atoms with Crippen molar-refractivity contribution in [1.82, 2.24) is 0 Å². The minimum Gasteiger partial charge on any atom is -0.623 e. The molecule has 2 aromatic rings. The summed E-state index contributed by atoms with van der Waals surface area (Å²) < 4.78 is 11.6. The molecule has 2 aromatic carbocycles. The van der Waals surface area contributed by atoms with Crippen LogP contribution in [0.15, 0.2) is 54.1 Å². The summed E-state index contributed by atoms with van der Waals surface area (Å²) in [6.07, 6.45) is 0. The summed E-state index contributed by atoms with van der Waals surface area (Å²) in [5, 5.41) is 13.1. The lowest BCUT2D eigenvalue weighted by Gasteiger charge is -2.13. The Balaban J connectivity index is 2.35. The van der Waals surface area contributed by atoms with Crippen molar-refractivity contribution in [2.24, 2.45) is 5.92 Å². The fourth-order valence-electron chi connectivity index (χ4n) is 3.44. The minimum absolute atomic E-state index is 0.142. The third-order valence-corrected chi connectivity index (χ3v) is 4.56. The molecule has 0 aromatic heterocycles. The number of esters is 1. The van der Waals surface area contributed by atoms with Gasteiger partial charge < -0.3 is 14.7 Å². The predicted octanol–water partition coefficient (Wildman–Crippen LogP) is 4.03. The first kappa shape index (κ1) is 19.7. The molecule has 0 heterocycles. The van der Waals surface area contributed by atoms with Gasteiger partial charge in [0.15, 0.2) is 6.54 Å². The maximum absolute atomic E-state index is 13.1. The first-order valence-electron chi connectivity index (χ1n) is 9.45. The number of rotatable bonds is 6. The molecule has 3 rings (SSSR count). The molecule has 28 heavy (non-hydrogen) atoms. The molecule has 0 N–H and O–H groups in total. The number of fused-ring (bicyclic) bond motifs is 1. The van der Waals surface area contributed by atoms with E-state index in [-0.39, 0.29) is 19.1 Å². The molecule has 0 saturated heterocycles. The van der Waals surface area contributed by atoms with Gasteiger partial charge in [0.1, 0.15) is 11.3 Å². The molecule has 0 unspecified atom stereocenters. The highest BCUT2D eigenvalue weighted by molar-refractivity contribution is 6.35. The van der Waals surface area contributed by atoms with Crippen LogP contribution >= 0.6 is 0 Å². The van der Waals surface area contributed by atoms with Gasteiger partial charge in [-0.1, -0.05) is 44.2 Å². The van der Waals surface area contributed by atoms with Gasteiger partial charge in [-0.15, -0.1) is 0 Å². The standard InChI is InChI=1S/C23H25NO4/c1-5-28-23(25)21-20(16-9-7-6-8-10-16)18-12-11-17(27-4)13-19(18)22(21)24(26)14-15(2)3/h6-13,15H,5,14H2,1-4H3/b24-22+. The lowest BCUT2D eigenvalue weighted by atomic mass is 9.97. The molecule has 0 aliphatic heterocycles. The maximum atomic E-state index is 13.1. The zero-order valence-electron chi connectivity index (χ0n) is 16.7.